The van der Waals surface area contributed by atoms with Gasteiger partial charge in [0.05, 0.1) is 5.75 Å². The molecule has 0 bridgehead atoms. The van der Waals surface area contributed by atoms with Crippen LogP contribution in [0.5, 0.6) is 0 Å². The van der Waals surface area contributed by atoms with Crippen LogP contribution in [-0.2, 0) is 4.79 Å². The van der Waals surface area contributed by atoms with Gasteiger partial charge in [0.2, 0.25) is 5.91 Å². The summed E-state index contributed by atoms with van der Waals surface area (Å²) in [6.07, 6.45) is 2.99. The first-order valence-corrected chi connectivity index (χ1v) is 7.06. The predicted octanol–water partition coefficient (Wildman–Crippen LogP) is 2.67. The van der Waals surface area contributed by atoms with Crippen LogP contribution in [0.1, 0.15) is 27.2 Å². The van der Waals surface area contributed by atoms with Crippen molar-refractivity contribution in [2.75, 3.05) is 18.6 Å². The predicted molar refractivity (Wildman–Crippen MR) is 68.2 cm³/mol. The molecule has 1 N–H and O–H groups in total. The average Bonchev–Trinajstić information content (AvgIpc) is 1.98. The van der Waals surface area contributed by atoms with Gasteiger partial charge in [0.25, 0.3) is 0 Å². The number of thioether (sulfide) groups is 1. The molecule has 4 heteroatoms. The van der Waals surface area contributed by atoms with Gasteiger partial charge in [-0.2, -0.15) is 11.8 Å². The molecular weight excluding hydrogens is 262 g/mol. The van der Waals surface area contributed by atoms with E-state index in [1.807, 2.05) is 6.26 Å². The fraction of sp³-hybridized carbons (Fsp3) is 0.900. The number of amides is 1. The molecular formula is C10H20BrNOS. The van der Waals surface area contributed by atoms with E-state index in [1.165, 1.54) is 0 Å². The van der Waals surface area contributed by atoms with Crippen LogP contribution in [0.3, 0.4) is 0 Å². The molecule has 1 amide bonds. The molecule has 0 radical (unpaired) electrons. The van der Waals surface area contributed by atoms with Crippen molar-refractivity contribution < 1.29 is 4.79 Å². The van der Waals surface area contributed by atoms with Gasteiger partial charge in [-0.1, -0.05) is 36.7 Å². The Hall–Kier alpha value is 0.300. The summed E-state index contributed by atoms with van der Waals surface area (Å²) < 4.78 is 0. The molecule has 0 aliphatic rings. The van der Waals surface area contributed by atoms with Crippen molar-refractivity contribution in [3.05, 3.63) is 0 Å². The van der Waals surface area contributed by atoms with Crippen LogP contribution >= 0.6 is 27.7 Å². The fourth-order valence-electron chi connectivity index (χ4n) is 1.14. The molecule has 0 aromatic rings. The maximum absolute atomic E-state index is 11.2. The van der Waals surface area contributed by atoms with E-state index in [2.05, 4.69) is 42.0 Å². The fourth-order valence-corrected chi connectivity index (χ4v) is 2.64. The lowest BCUT2D eigenvalue weighted by molar-refractivity contribution is -0.118. The highest BCUT2D eigenvalue weighted by molar-refractivity contribution is 9.09. The van der Waals surface area contributed by atoms with Crippen LogP contribution in [0.25, 0.3) is 0 Å². The minimum Gasteiger partial charge on any atom is -0.354 e. The zero-order chi connectivity index (χ0) is 11.2. The molecule has 0 saturated heterocycles. The summed E-state index contributed by atoms with van der Waals surface area (Å²) in [4.78, 5) is 11.5. The van der Waals surface area contributed by atoms with Gasteiger partial charge < -0.3 is 5.32 Å². The van der Waals surface area contributed by atoms with Crippen LogP contribution in [0.2, 0.25) is 0 Å². The number of nitrogens with one attached hydrogen (secondary N) is 1. The zero-order valence-electron chi connectivity index (χ0n) is 9.39. The van der Waals surface area contributed by atoms with Gasteiger partial charge >= 0.3 is 0 Å². The first-order valence-electron chi connectivity index (χ1n) is 4.75. The summed E-state index contributed by atoms with van der Waals surface area (Å²) in [7, 11) is 0. The number of carbonyl (C=O) groups is 1. The van der Waals surface area contributed by atoms with E-state index in [0.717, 1.165) is 13.0 Å². The van der Waals surface area contributed by atoms with Crippen molar-refractivity contribution >= 4 is 33.6 Å². The molecule has 0 rings (SSSR count). The number of alkyl halides is 1. The molecule has 2 nitrogen and oxygen atoms in total. The van der Waals surface area contributed by atoms with E-state index in [1.54, 1.807) is 11.8 Å². The Bertz CT molecular complexity index is 179. The number of carbonyl (C=O) groups excluding carboxylic acids is 1. The molecule has 14 heavy (non-hydrogen) atoms. The Morgan fingerprint density at radius 3 is 2.50 bits per heavy atom. The normalized spacial score (nSPS) is 13.8. The summed E-state index contributed by atoms with van der Waals surface area (Å²) in [6.45, 7) is 7.32. The minimum absolute atomic E-state index is 0.121. The van der Waals surface area contributed by atoms with Crippen LogP contribution in [0.15, 0.2) is 0 Å². The monoisotopic (exact) mass is 281 g/mol. The topological polar surface area (TPSA) is 29.1 Å². The maximum atomic E-state index is 11.2. The van der Waals surface area contributed by atoms with Gasteiger partial charge in [-0.3, -0.25) is 4.79 Å². The number of halogens is 1. The summed E-state index contributed by atoms with van der Waals surface area (Å²) in [6, 6.07) is 0. The molecule has 0 aliphatic heterocycles. The van der Waals surface area contributed by atoms with Gasteiger partial charge in [-0.15, -0.1) is 0 Å². The van der Waals surface area contributed by atoms with Gasteiger partial charge in [0.1, 0.15) is 0 Å². The van der Waals surface area contributed by atoms with E-state index in [-0.39, 0.29) is 5.91 Å². The van der Waals surface area contributed by atoms with Crippen LogP contribution in [-0.4, -0.2) is 29.3 Å². The van der Waals surface area contributed by atoms with Crippen molar-refractivity contribution in [1.82, 2.24) is 5.32 Å². The molecule has 0 heterocycles. The molecule has 0 aliphatic carbocycles. The second kappa shape index (κ2) is 6.72. The SMILES string of the molecule is CSCC(=O)NCC(Br)CC(C)(C)C. The van der Waals surface area contributed by atoms with Crippen molar-refractivity contribution in [2.45, 2.75) is 32.0 Å². The van der Waals surface area contributed by atoms with E-state index in [0.29, 0.717) is 16.0 Å². The van der Waals surface area contributed by atoms with E-state index < -0.39 is 0 Å². The Balaban J connectivity index is 3.63. The maximum Gasteiger partial charge on any atom is 0.230 e. The summed E-state index contributed by atoms with van der Waals surface area (Å²) >= 11 is 5.12. The lowest BCUT2D eigenvalue weighted by Crippen LogP contribution is -2.32. The molecule has 0 aromatic carbocycles. The largest absolute Gasteiger partial charge is 0.354 e. The molecule has 0 fully saturated rings. The van der Waals surface area contributed by atoms with Crippen LogP contribution in [0.4, 0.5) is 0 Å². The van der Waals surface area contributed by atoms with Crippen molar-refractivity contribution in [3.63, 3.8) is 0 Å². The third kappa shape index (κ3) is 8.88. The van der Waals surface area contributed by atoms with Crippen LogP contribution in [0, 0.1) is 5.41 Å². The molecule has 84 valence electrons. The van der Waals surface area contributed by atoms with E-state index in [9.17, 15) is 4.79 Å². The lowest BCUT2D eigenvalue weighted by Gasteiger charge is -2.22. The van der Waals surface area contributed by atoms with E-state index >= 15 is 0 Å². The summed E-state index contributed by atoms with van der Waals surface area (Å²) in [5, 5.41) is 2.90. The Labute approximate surface area is 99.7 Å². The number of rotatable bonds is 5. The third-order valence-electron chi connectivity index (χ3n) is 1.63. The van der Waals surface area contributed by atoms with Crippen LogP contribution < -0.4 is 5.32 Å². The number of hydrogen-bond acceptors (Lipinski definition) is 2. The average molecular weight is 282 g/mol. The Kier molecular flexibility index (Phi) is 6.87. The molecule has 1 atom stereocenters. The van der Waals surface area contributed by atoms with Crippen molar-refractivity contribution in [1.29, 1.82) is 0 Å². The van der Waals surface area contributed by atoms with Crippen molar-refractivity contribution in [3.8, 4) is 0 Å². The van der Waals surface area contributed by atoms with Gasteiger partial charge in [0.15, 0.2) is 0 Å². The first kappa shape index (κ1) is 14.3. The molecule has 0 spiro atoms. The second-order valence-electron chi connectivity index (χ2n) is 4.60. The standard InChI is InChI=1S/C10H20BrNOS/c1-10(2,3)5-8(11)6-12-9(13)7-14-4/h8H,5-7H2,1-4H3,(H,12,13). The highest BCUT2D eigenvalue weighted by atomic mass is 79.9. The Morgan fingerprint density at radius 1 is 1.50 bits per heavy atom. The van der Waals surface area contributed by atoms with E-state index in [4.69, 9.17) is 0 Å². The molecule has 0 aromatic heterocycles. The highest BCUT2D eigenvalue weighted by Gasteiger charge is 2.16. The quantitative estimate of drug-likeness (QED) is 0.785. The number of hydrogen-bond donors (Lipinski definition) is 1. The molecule has 0 saturated carbocycles. The second-order valence-corrected chi connectivity index (χ2v) is 6.76. The summed E-state index contributed by atoms with van der Waals surface area (Å²) in [5.74, 6) is 0.672. The summed E-state index contributed by atoms with van der Waals surface area (Å²) in [5.41, 5.74) is 0.304. The third-order valence-corrected chi connectivity index (χ3v) is 2.83. The van der Waals surface area contributed by atoms with Gasteiger partial charge in [-0.25, -0.2) is 0 Å². The minimum atomic E-state index is 0.121. The van der Waals surface area contributed by atoms with Gasteiger partial charge in [0, 0.05) is 11.4 Å². The highest BCUT2D eigenvalue weighted by Crippen LogP contribution is 2.24. The Morgan fingerprint density at radius 2 is 2.07 bits per heavy atom. The first-order chi connectivity index (χ1) is 6.35. The van der Waals surface area contributed by atoms with Gasteiger partial charge in [-0.05, 0) is 18.1 Å². The van der Waals surface area contributed by atoms with Crippen molar-refractivity contribution in [2.24, 2.45) is 5.41 Å². The zero-order valence-corrected chi connectivity index (χ0v) is 11.8. The lowest BCUT2D eigenvalue weighted by atomic mass is 9.90. The smallest absolute Gasteiger partial charge is 0.230 e. The molecule has 1 unspecified atom stereocenters.